The van der Waals surface area contributed by atoms with Crippen molar-refractivity contribution in [1.82, 2.24) is 4.90 Å². The Kier molecular flexibility index (Phi) is 4.50. The van der Waals surface area contributed by atoms with Gasteiger partial charge in [-0.1, -0.05) is 6.07 Å². The van der Waals surface area contributed by atoms with Crippen LogP contribution in [0.3, 0.4) is 0 Å². The molecule has 0 spiro atoms. The average molecular weight is 351 g/mol. The number of nitrogens with zero attached hydrogens (tertiary/aromatic N) is 1. The third-order valence-electron chi connectivity index (χ3n) is 4.46. The van der Waals surface area contributed by atoms with E-state index in [1.165, 1.54) is 11.0 Å². The third-order valence-corrected chi connectivity index (χ3v) is 4.46. The number of amides is 4. The Bertz CT molecular complexity index is 919. The Morgan fingerprint density at radius 1 is 0.846 bits per heavy atom. The number of hydrogen-bond acceptors (Lipinski definition) is 3. The maximum Gasteiger partial charge on any atom is 0.323 e. The van der Waals surface area contributed by atoms with Crippen LogP contribution in [0.1, 0.15) is 45.7 Å². The molecule has 2 N–H and O–H groups in total. The number of aryl methyl sites for hydroxylation is 2. The fourth-order valence-electron chi connectivity index (χ4n) is 2.92. The van der Waals surface area contributed by atoms with E-state index in [0.29, 0.717) is 22.5 Å². The highest BCUT2D eigenvalue weighted by molar-refractivity contribution is 6.22. The first kappa shape index (κ1) is 17.7. The Morgan fingerprint density at radius 3 is 2.04 bits per heavy atom. The molecule has 1 aliphatic heterocycles. The molecular formula is C20H21N3O3. The predicted molar refractivity (Wildman–Crippen MR) is 101 cm³/mol. The summed E-state index contributed by atoms with van der Waals surface area (Å²) < 4.78 is 0. The van der Waals surface area contributed by atoms with Gasteiger partial charge >= 0.3 is 6.03 Å². The minimum Gasteiger partial charge on any atom is -0.308 e. The number of anilines is 2. The number of carbonyl (C=O) groups excluding carboxylic acids is 3. The van der Waals surface area contributed by atoms with Crippen LogP contribution in [0.4, 0.5) is 16.2 Å². The van der Waals surface area contributed by atoms with Crippen LogP contribution >= 0.6 is 0 Å². The molecule has 4 amide bonds. The second-order valence-corrected chi connectivity index (χ2v) is 6.71. The number of urea groups is 1. The van der Waals surface area contributed by atoms with E-state index >= 15 is 0 Å². The quantitative estimate of drug-likeness (QED) is 0.822. The monoisotopic (exact) mass is 351 g/mol. The molecule has 1 heterocycles. The van der Waals surface area contributed by atoms with E-state index in [0.717, 1.165) is 11.1 Å². The first-order valence-corrected chi connectivity index (χ1v) is 8.45. The lowest BCUT2D eigenvalue weighted by Crippen LogP contribution is -2.35. The first-order valence-electron chi connectivity index (χ1n) is 8.45. The van der Waals surface area contributed by atoms with Gasteiger partial charge in [0.05, 0.1) is 11.1 Å². The molecule has 0 fully saturated rings. The van der Waals surface area contributed by atoms with Crippen molar-refractivity contribution in [2.45, 2.75) is 33.7 Å². The summed E-state index contributed by atoms with van der Waals surface area (Å²) in [7, 11) is 0. The zero-order chi connectivity index (χ0) is 19.0. The molecule has 0 atom stereocenters. The molecule has 0 saturated carbocycles. The highest BCUT2D eigenvalue weighted by atomic mass is 16.2. The van der Waals surface area contributed by atoms with E-state index in [2.05, 4.69) is 10.6 Å². The van der Waals surface area contributed by atoms with Gasteiger partial charge in [-0.05, 0) is 69.2 Å². The number of nitrogens with one attached hydrogen (secondary N) is 2. The normalized spacial score (nSPS) is 13.2. The van der Waals surface area contributed by atoms with Crippen LogP contribution in [0, 0.1) is 13.8 Å². The molecule has 6 nitrogen and oxygen atoms in total. The van der Waals surface area contributed by atoms with Crippen LogP contribution < -0.4 is 10.6 Å². The second-order valence-electron chi connectivity index (χ2n) is 6.71. The topological polar surface area (TPSA) is 78.5 Å². The molecule has 2 aromatic carbocycles. The summed E-state index contributed by atoms with van der Waals surface area (Å²) in [6.45, 7) is 7.56. The SMILES string of the molecule is Cc1ccc(NC(=O)Nc2ccc3c(c2)C(=O)N(C(C)C)C3=O)cc1C. The van der Waals surface area contributed by atoms with Crippen molar-refractivity contribution in [3.8, 4) is 0 Å². The zero-order valence-electron chi connectivity index (χ0n) is 15.2. The van der Waals surface area contributed by atoms with Gasteiger partial charge in [-0.15, -0.1) is 0 Å². The van der Waals surface area contributed by atoms with Gasteiger partial charge in [-0.2, -0.15) is 0 Å². The maximum atomic E-state index is 12.4. The van der Waals surface area contributed by atoms with Gasteiger partial charge in [0, 0.05) is 17.4 Å². The van der Waals surface area contributed by atoms with Crippen molar-refractivity contribution in [1.29, 1.82) is 0 Å². The lowest BCUT2D eigenvalue weighted by Gasteiger charge is -2.17. The summed E-state index contributed by atoms with van der Waals surface area (Å²) in [6, 6.07) is 9.76. The van der Waals surface area contributed by atoms with Crippen molar-refractivity contribution in [3.05, 3.63) is 58.7 Å². The summed E-state index contributed by atoms with van der Waals surface area (Å²) in [5, 5.41) is 5.46. The van der Waals surface area contributed by atoms with Crippen LogP contribution in [0.25, 0.3) is 0 Å². The van der Waals surface area contributed by atoms with Gasteiger partial charge in [-0.3, -0.25) is 14.5 Å². The van der Waals surface area contributed by atoms with Gasteiger partial charge < -0.3 is 10.6 Å². The van der Waals surface area contributed by atoms with E-state index < -0.39 is 6.03 Å². The molecular weight excluding hydrogens is 330 g/mol. The fraction of sp³-hybridized carbons (Fsp3) is 0.250. The number of carbonyl (C=O) groups is 3. The molecule has 0 aromatic heterocycles. The van der Waals surface area contributed by atoms with Crippen LogP contribution in [-0.4, -0.2) is 28.8 Å². The molecule has 134 valence electrons. The van der Waals surface area contributed by atoms with Crippen molar-refractivity contribution < 1.29 is 14.4 Å². The number of fused-ring (bicyclic) bond motifs is 1. The minimum absolute atomic E-state index is 0.216. The van der Waals surface area contributed by atoms with Gasteiger partial charge in [0.25, 0.3) is 11.8 Å². The molecule has 3 rings (SSSR count). The van der Waals surface area contributed by atoms with E-state index in [-0.39, 0.29) is 17.9 Å². The summed E-state index contributed by atoms with van der Waals surface area (Å²) in [5.41, 5.74) is 4.04. The minimum atomic E-state index is -0.411. The molecule has 0 unspecified atom stereocenters. The van der Waals surface area contributed by atoms with Crippen LogP contribution in [0.15, 0.2) is 36.4 Å². The van der Waals surface area contributed by atoms with E-state index in [1.54, 1.807) is 26.0 Å². The predicted octanol–water partition coefficient (Wildman–Crippen LogP) is 3.95. The van der Waals surface area contributed by atoms with Crippen molar-refractivity contribution in [2.24, 2.45) is 0 Å². The smallest absolute Gasteiger partial charge is 0.308 e. The Morgan fingerprint density at radius 2 is 1.42 bits per heavy atom. The number of benzene rings is 2. The van der Waals surface area contributed by atoms with E-state index in [4.69, 9.17) is 0 Å². The molecule has 0 aliphatic carbocycles. The largest absolute Gasteiger partial charge is 0.323 e. The molecule has 2 aromatic rings. The lowest BCUT2D eigenvalue weighted by atomic mass is 10.1. The van der Waals surface area contributed by atoms with Crippen LogP contribution in [0.5, 0.6) is 0 Å². The molecule has 1 aliphatic rings. The van der Waals surface area contributed by atoms with Gasteiger partial charge in [-0.25, -0.2) is 4.79 Å². The number of imide groups is 1. The molecule has 0 saturated heterocycles. The summed E-state index contributed by atoms with van der Waals surface area (Å²) in [6.07, 6.45) is 0. The standard InChI is InChI=1S/C20H21N3O3/c1-11(2)23-18(24)16-8-7-15(10-17(16)19(23)25)22-20(26)21-14-6-5-12(3)13(4)9-14/h5-11H,1-4H3,(H2,21,22,26). The molecule has 6 heteroatoms. The Labute approximate surface area is 152 Å². The molecule has 0 bridgehead atoms. The van der Waals surface area contributed by atoms with Gasteiger partial charge in [0.2, 0.25) is 0 Å². The van der Waals surface area contributed by atoms with Crippen molar-refractivity contribution in [2.75, 3.05) is 10.6 Å². The highest BCUT2D eigenvalue weighted by Crippen LogP contribution is 2.27. The Hall–Kier alpha value is -3.15. The fourth-order valence-corrected chi connectivity index (χ4v) is 2.92. The average Bonchev–Trinajstić information content (AvgIpc) is 2.82. The third kappa shape index (κ3) is 3.18. The Balaban J connectivity index is 1.76. The van der Waals surface area contributed by atoms with Gasteiger partial charge in [0.1, 0.15) is 0 Å². The van der Waals surface area contributed by atoms with E-state index in [9.17, 15) is 14.4 Å². The summed E-state index contributed by atoms with van der Waals surface area (Å²) >= 11 is 0. The lowest BCUT2D eigenvalue weighted by molar-refractivity contribution is 0.0609. The first-order chi connectivity index (χ1) is 12.3. The van der Waals surface area contributed by atoms with Gasteiger partial charge in [0.15, 0.2) is 0 Å². The van der Waals surface area contributed by atoms with Crippen LogP contribution in [0.2, 0.25) is 0 Å². The van der Waals surface area contributed by atoms with Crippen molar-refractivity contribution in [3.63, 3.8) is 0 Å². The molecule has 26 heavy (non-hydrogen) atoms. The van der Waals surface area contributed by atoms with E-state index in [1.807, 2.05) is 32.0 Å². The van der Waals surface area contributed by atoms with Crippen molar-refractivity contribution >= 4 is 29.2 Å². The zero-order valence-corrected chi connectivity index (χ0v) is 15.2. The number of rotatable bonds is 3. The highest BCUT2D eigenvalue weighted by Gasteiger charge is 2.37. The second kappa shape index (κ2) is 6.63. The summed E-state index contributed by atoms with van der Waals surface area (Å²) in [4.78, 5) is 38.1. The van der Waals surface area contributed by atoms with Crippen LogP contribution in [-0.2, 0) is 0 Å². The molecule has 0 radical (unpaired) electrons. The summed E-state index contributed by atoms with van der Waals surface area (Å²) in [5.74, 6) is -0.635. The number of hydrogen-bond donors (Lipinski definition) is 2. The maximum absolute atomic E-state index is 12.4.